The lowest BCUT2D eigenvalue weighted by molar-refractivity contribution is -0.117. The van der Waals surface area contributed by atoms with Crippen molar-refractivity contribution in [3.8, 4) is 0 Å². The van der Waals surface area contributed by atoms with Crippen LogP contribution in [-0.4, -0.2) is 37.9 Å². The first-order valence-electron chi connectivity index (χ1n) is 4.91. The summed E-state index contributed by atoms with van der Waals surface area (Å²) in [6.07, 6.45) is 2.38. The molecule has 15 heavy (non-hydrogen) atoms. The summed E-state index contributed by atoms with van der Waals surface area (Å²) < 4.78 is 20.9. The monoisotopic (exact) mass is 238 g/mol. The van der Waals surface area contributed by atoms with E-state index in [2.05, 4.69) is 9.05 Å². The van der Waals surface area contributed by atoms with Crippen LogP contribution < -0.4 is 0 Å². The van der Waals surface area contributed by atoms with E-state index >= 15 is 0 Å². The van der Waals surface area contributed by atoms with Gasteiger partial charge in [-0.3, -0.25) is 9.36 Å². The van der Waals surface area contributed by atoms with Gasteiger partial charge in [0.05, 0.1) is 0 Å². The highest BCUT2D eigenvalue weighted by Gasteiger charge is 2.24. The Labute approximate surface area is 90.3 Å². The van der Waals surface area contributed by atoms with Crippen molar-refractivity contribution in [2.45, 2.75) is 25.7 Å². The number of ketones is 1. The predicted molar refractivity (Wildman–Crippen MR) is 57.1 cm³/mol. The molecule has 0 fully saturated rings. The van der Waals surface area contributed by atoms with Gasteiger partial charge < -0.3 is 14.2 Å². The lowest BCUT2D eigenvalue weighted by Gasteiger charge is -2.12. The normalized spacial score (nSPS) is 11.7. The zero-order valence-corrected chi connectivity index (χ0v) is 10.2. The van der Waals surface area contributed by atoms with Gasteiger partial charge in [-0.2, -0.15) is 0 Å². The van der Waals surface area contributed by atoms with Gasteiger partial charge in [-0.1, -0.05) is 6.42 Å². The average Bonchev–Trinajstić information content (AvgIpc) is 2.24. The van der Waals surface area contributed by atoms with Crippen LogP contribution in [0.3, 0.4) is 0 Å². The van der Waals surface area contributed by atoms with E-state index in [0.717, 1.165) is 6.42 Å². The van der Waals surface area contributed by atoms with E-state index in [-0.39, 0.29) is 18.6 Å². The van der Waals surface area contributed by atoms with E-state index in [4.69, 9.17) is 5.11 Å². The molecule has 6 heteroatoms. The number of carbonyl (C=O) groups excluding carboxylic acids is 1. The van der Waals surface area contributed by atoms with Crippen molar-refractivity contribution in [2.75, 3.05) is 27.0 Å². The number of rotatable bonds is 9. The summed E-state index contributed by atoms with van der Waals surface area (Å²) in [6, 6.07) is 0. The van der Waals surface area contributed by atoms with E-state index in [9.17, 15) is 9.36 Å². The van der Waals surface area contributed by atoms with Gasteiger partial charge in [-0.15, -0.1) is 0 Å². The Hall–Kier alpha value is -0.220. The molecule has 0 aliphatic heterocycles. The Kier molecular flexibility index (Phi) is 7.88. The van der Waals surface area contributed by atoms with Gasteiger partial charge in [0.15, 0.2) is 0 Å². The van der Waals surface area contributed by atoms with Crippen LogP contribution in [0.15, 0.2) is 0 Å². The highest BCUT2D eigenvalue weighted by molar-refractivity contribution is 7.54. The van der Waals surface area contributed by atoms with E-state index in [1.165, 1.54) is 14.2 Å². The molecule has 0 saturated carbocycles. The van der Waals surface area contributed by atoms with Crippen LogP contribution in [0.5, 0.6) is 0 Å². The molecule has 0 spiro atoms. The van der Waals surface area contributed by atoms with Crippen molar-refractivity contribution >= 4 is 13.4 Å². The van der Waals surface area contributed by atoms with E-state index in [0.29, 0.717) is 19.3 Å². The molecule has 90 valence electrons. The van der Waals surface area contributed by atoms with Gasteiger partial charge >= 0.3 is 7.60 Å². The summed E-state index contributed by atoms with van der Waals surface area (Å²) in [4.78, 5) is 11.3. The molecule has 0 heterocycles. The van der Waals surface area contributed by atoms with Gasteiger partial charge in [0.1, 0.15) is 11.9 Å². The molecule has 0 amide bonds. The van der Waals surface area contributed by atoms with E-state index in [1.807, 2.05) is 0 Å². The molecular formula is C9H19O5P. The molecule has 0 aromatic carbocycles. The molecule has 0 aromatic heterocycles. The molecule has 0 unspecified atom stereocenters. The Balaban J connectivity index is 3.78. The zero-order chi connectivity index (χ0) is 11.7. The van der Waals surface area contributed by atoms with Crippen LogP contribution in [0.4, 0.5) is 0 Å². The number of unbranched alkanes of at least 4 members (excludes halogenated alkanes) is 2. The van der Waals surface area contributed by atoms with Crippen LogP contribution in [0.25, 0.3) is 0 Å². The fraction of sp³-hybridized carbons (Fsp3) is 0.889. The fourth-order valence-corrected chi connectivity index (χ4v) is 2.11. The molecule has 0 rings (SSSR count). The molecule has 0 aromatic rings. The highest BCUT2D eigenvalue weighted by atomic mass is 31.2. The Morgan fingerprint density at radius 2 is 1.80 bits per heavy atom. The second kappa shape index (κ2) is 7.99. The summed E-state index contributed by atoms with van der Waals surface area (Å²) in [7, 11) is -0.657. The maximum Gasteiger partial charge on any atom is 0.337 e. The summed E-state index contributed by atoms with van der Waals surface area (Å²) in [5.74, 6) is -0.125. The third-order valence-electron chi connectivity index (χ3n) is 2.04. The third-order valence-corrected chi connectivity index (χ3v) is 3.89. The van der Waals surface area contributed by atoms with Gasteiger partial charge in [-0.05, 0) is 12.8 Å². The van der Waals surface area contributed by atoms with Crippen molar-refractivity contribution in [1.29, 1.82) is 0 Å². The van der Waals surface area contributed by atoms with Crippen LogP contribution in [-0.2, 0) is 18.4 Å². The SMILES string of the molecule is COP(=O)(CC(=O)CCCCCO)OC. The van der Waals surface area contributed by atoms with Gasteiger partial charge in [-0.25, -0.2) is 0 Å². The minimum absolute atomic E-state index is 0.125. The lowest BCUT2D eigenvalue weighted by Crippen LogP contribution is -2.07. The quantitative estimate of drug-likeness (QED) is 0.488. The van der Waals surface area contributed by atoms with E-state index in [1.54, 1.807) is 0 Å². The fourth-order valence-electron chi connectivity index (χ4n) is 1.11. The molecular weight excluding hydrogens is 219 g/mol. The number of aliphatic hydroxyl groups excluding tert-OH is 1. The van der Waals surface area contributed by atoms with Crippen LogP contribution >= 0.6 is 7.60 Å². The second-order valence-corrected chi connectivity index (χ2v) is 5.48. The number of carbonyl (C=O) groups is 1. The van der Waals surface area contributed by atoms with Gasteiger partial charge in [0, 0.05) is 27.2 Å². The molecule has 0 aliphatic carbocycles. The smallest absolute Gasteiger partial charge is 0.337 e. The number of hydrogen-bond donors (Lipinski definition) is 1. The van der Waals surface area contributed by atoms with Crippen LogP contribution in [0.2, 0.25) is 0 Å². The first-order chi connectivity index (χ1) is 7.08. The van der Waals surface area contributed by atoms with Crippen molar-refractivity contribution in [3.63, 3.8) is 0 Å². The van der Waals surface area contributed by atoms with E-state index < -0.39 is 7.60 Å². The Morgan fingerprint density at radius 1 is 1.20 bits per heavy atom. The molecule has 0 bridgehead atoms. The van der Waals surface area contributed by atoms with Gasteiger partial charge in [0.2, 0.25) is 0 Å². The van der Waals surface area contributed by atoms with Crippen LogP contribution in [0.1, 0.15) is 25.7 Å². The average molecular weight is 238 g/mol. The second-order valence-electron chi connectivity index (χ2n) is 3.21. The minimum atomic E-state index is -3.19. The zero-order valence-electron chi connectivity index (χ0n) is 9.27. The topological polar surface area (TPSA) is 72.8 Å². The molecule has 1 N–H and O–H groups in total. The maximum atomic E-state index is 11.5. The summed E-state index contributed by atoms with van der Waals surface area (Å²) in [5, 5.41) is 8.52. The number of aliphatic hydroxyl groups is 1. The summed E-state index contributed by atoms with van der Waals surface area (Å²) in [5.41, 5.74) is 0. The lowest BCUT2D eigenvalue weighted by atomic mass is 10.1. The Morgan fingerprint density at radius 3 is 2.27 bits per heavy atom. The molecule has 0 atom stereocenters. The first-order valence-corrected chi connectivity index (χ1v) is 6.64. The minimum Gasteiger partial charge on any atom is -0.396 e. The van der Waals surface area contributed by atoms with Crippen LogP contribution in [0, 0.1) is 0 Å². The van der Waals surface area contributed by atoms with Crippen molar-refractivity contribution in [3.05, 3.63) is 0 Å². The highest BCUT2D eigenvalue weighted by Crippen LogP contribution is 2.46. The predicted octanol–water partition coefficient (Wildman–Crippen LogP) is 1.59. The summed E-state index contributed by atoms with van der Waals surface area (Å²) in [6.45, 7) is 0.142. The molecule has 0 saturated heterocycles. The molecule has 5 nitrogen and oxygen atoms in total. The third kappa shape index (κ3) is 6.79. The van der Waals surface area contributed by atoms with Gasteiger partial charge in [0.25, 0.3) is 0 Å². The number of hydrogen-bond acceptors (Lipinski definition) is 5. The largest absolute Gasteiger partial charge is 0.396 e. The van der Waals surface area contributed by atoms with Crippen molar-refractivity contribution < 1.29 is 23.5 Å². The molecule has 0 radical (unpaired) electrons. The Bertz CT molecular complexity index is 221. The maximum absolute atomic E-state index is 11.5. The number of Topliss-reactive ketones (excluding diaryl/α,β-unsaturated/α-hetero) is 1. The molecule has 0 aliphatic rings. The van der Waals surface area contributed by atoms with Crippen molar-refractivity contribution in [2.24, 2.45) is 0 Å². The summed E-state index contributed by atoms with van der Waals surface area (Å²) >= 11 is 0. The van der Waals surface area contributed by atoms with Crippen molar-refractivity contribution in [1.82, 2.24) is 0 Å². The standard InChI is InChI=1S/C9H19O5P/c1-13-15(12,14-2)8-9(11)6-4-3-5-7-10/h10H,3-8H2,1-2H3. The first kappa shape index (κ1) is 14.8.